The van der Waals surface area contributed by atoms with Gasteiger partial charge in [0.1, 0.15) is 11.5 Å². The Labute approximate surface area is 121 Å². The van der Waals surface area contributed by atoms with Crippen LogP contribution in [-0.2, 0) is 11.3 Å². The number of hydrogen-bond donors (Lipinski definition) is 3. The van der Waals surface area contributed by atoms with Crippen LogP contribution < -0.4 is 10.2 Å². The van der Waals surface area contributed by atoms with Crippen molar-refractivity contribution in [1.29, 1.82) is 10.9 Å². The first-order chi connectivity index (χ1) is 10.2. The van der Waals surface area contributed by atoms with Gasteiger partial charge < -0.3 is 14.4 Å². The quantitative estimate of drug-likeness (QED) is 0.347. The van der Waals surface area contributed by atoms with Gasteiger partial charge in [-0.3, -0.25) is 5.41 Å². The van der Waals surface area contributed by atoms with Gasteiger partial charge in [-0.1, -0.05) is 6.07 Å². The molecule has 1 aliphatic heterocycles. The fraction of sp³-hybridized carbons (Fsp3) is 0.0714. The standard InChI is InChI=1S/C14H12BN3O3/c16-14(18-17)9-1-3-11(4-2-9)21-12-5-6-13-10(7-12)8-20-15(13)19/h1-7,16-17,19H,8H2. The molecule has 104 valence electrons. The van der Waals surface area contributed by atoms with Gasteiger partial charge in [0.05, 0.1) is 6.61 Å². The lowest BCUT2D eigenvalue weighted by molar-refractivity contribution is 0.275. The molecule has 1 aliphatic rings. The molecular formula is C14H12BN3O3. The SMILES string of the molecule is N=NC(=N)c1ccc(Oc2ccc3c(c2)COB3O)cc1. The number of fused-ring (bicyclic) bond motifs is 1. The molecule has 2 aromatic carbocycles. The van der Waals surface area contributed by atoms with Gasteiger partial charge in [0.2, 0.25) is 0 Å². The minimum absolute atomic E-state index is 0.0924. The van der Waals surface area contributed by atoms with Crippen molar-refractivity contribution in [3.8, 4) is 11.5 Å². The number of ether oxygens (including phenoxy) is 1. The van der Waals surface area contributed by atoms with Crippen LogP contribution >= 0.6 is 0 Å². The fourth-order valence-corrected chi connectivity index (χ4v) is 2.15. The van der Waals surface area contributed by atoms with E-state index in [0.29, 0.717) is 23.7 Å². The molecule has 7 heteroatoms. The van der Waals surface area contributed by atoms with Crippen LogP contribution in [0.1, 0.15) is 11.1 Å². The second kappa shape index (κ2) is 5.47. The minimum Gasteiger partial charge on any atom is -0.457 e. The molecule has 0 atom stereocenters. The number of nitrogens with zero attached hydrogens (tertiary/aromatic N) is 1. The highest BCUT2D eigenvalue weighted by molar-refractivity contribution is 6.61. The normalized spacial score (nSPS) is 12.9. The summed E-state index contributed by atoms with van der Waals surface area (Å²) in [6.07, 6.45) is 0. The Bertz CT molecular complexity index is 703. The summed E-state index contributed by atoms with van der Waals surface area (Å²) in [5.74, 6) is 1.18. The third-order valence-corrected chi connectivity index (χ3v) is 3.25. The molecule has 0 fully saturated rings. The summed E-state index contributed by atoms with van der Waals surface area (Å²) in [6.45, 7) is 0.370. The van der Waals surface area contributed by atoms with Crippen molar-refractivity contribution in [1.82, 2.24) is 0 Å². The zero-order valence-corrected chi connectivity index (χ0v) is 11.0. The molecule has 3 rings (SSSR count). The number of rotatable bonds is 3. The summed E-state index contributed by atoms with van der Waals surface area (Å²) < 4.78 is 10.9. The van der Waals surface area contributed by atoms with E-state index < -0.39 is 7.12 Å². The molecule has 0 saturated carbocycles. The molecule has 3 N–H and O–H groups in total. The first kappa shape index (κ1) is 13.5. The summed E-state index contributed by atoms with van der Waals surface area (Å²) in [5.41, 5.74) is 9.04. The lowest BCUT2D eigenvalue weighted by Gasteiger charge is -2.08. The lowest BCUT2D eigenvalue weighted by Crippen LogP contribution is -2.27. The van der Waals surface area contributed by atoms with Crippen molar-refractivity contribution in [2.24, 2.45) is 5.11 Å². The van der Waals surface area contributed by atoms with Crippen molar-refractivity contribution in [3.05, 3.63) is 53.6 Å². The Balaban J connectivity index is 1.78. The van der Waals surface area contributed by atoms with Gasteiger partial charge >= 0.3 is 7.12 Å². The van der Waals surface area contributed by atoms with Gasteiger partial charge in [-0.15, -0.1) is 5.11 Å². The summed E-state index contributed by atoms with van der Waals surface area (Å²) >= 11 is 0. The topological polar surface area (TPSA) is 98.8 Å². The Morgan fingerprint density at radius 3 is 2.62 bits per heavy atom. The van der Waals surface area contributed by atoms with Gasteiger partial charge in [-0.05, 0) is 47.4 Å². The van der Waals surface area contributed by atoms with E-state index in [1.165, 1.54) is 0 Å². The van der Waals surface area contributed by atoms with Crippen LogP contribution in [0.15, 0.2) is 47.6 Å². The van der Waals surface area contributed by atoms with Gasteiger partial charge in [-0.25, -0.2) is 5.53 Å². The Hall–Kier alpha value is -2.51. The lowest BCUT2D eigenvalue weighted by atomic mass is 9.80. The molecule has 0 aromatic heterocycles. The van der Waals surface area contributed by atoms with E-state index in [-0.39, 0.29) is 5.84 Å². The first-order valence-electron chi connectivity index (χ1n) is 6.34. The molecule has 0 radical (unpaired) electrons. The maximum Gasteiger partial charge on any atom is 0.491 e. The van der Waals surface area contributed by atoms with E-state index in [9.17, 15) is 5.02 Å². The van der Waals surface area contributed by atoms with Crippen LogP contribution in [0.5, 0.6) is 11.5 Å². The highest BCUT2D eigenvalue weighted by atomic mass is 16.5. The van der Waals surface area contributed by atoms with E-state index in [1.54, 1.807) is 36.4 Å². The molecule has 0 spiro atoms. The van der Waals surface area contributed by atoms with Gasteiger partial charge in [0.25, 0.3) is 0 Å². The van der Waals surface area contributed by atoms with E-state index in [1.807, 2.05) is 6.07 Å². The zero-order valence-electron chi connectivity index (χ0n) is 11.0. The zero-order chi connectivity index (χ0) is 14.8. The molecule has 0 saturated heterocycles. The number of nitrogens with one attached hydrogen (secondary N) is 2. The number of benzene rings is 2. The largest absolute Gasteiger partial charge is 0.491 e. The maximum atomic E-state index is 9.56. The molecule has 2 aromatic rings. The number of hydrogen-bond acceptors (Lipinski definition) is 5. The maximum absolute atomic E-state index is 9.56. The molecule has 0 unspecified atom stereocenters. The van der Waals surface area contributed by atoms with Crippen LogP contribution in [0.3, 0.4) is 0 Å². The molecular weight excluding hydrogens is 269 g/mol. The van der Waals surface area contributed by atoms with Crippen molar-refractivity contribution in [2.45, 2.75) is 6.61 Å². The minimum atomic E-state index is -0.854. The monoisotopic (exact) mass is 281 g/mol. The average molecular weight is 281 g/mol. The predicted molar refractivity (Wildman–Crippen MR) is 77.3 cm³/mol. The average Bonchev–Trinajstić information content (AvgIpc) is 2.88. The number of amidine groups is 1. The third kappa shape index (κ3) is 2.69. The molecule has 21 heavy (non-hydrogen) atoms. The van der Waals surface area contributed by atoms with E-state index in [2.05, 4.69) is 5.11 Å². The van der Waals surface area contributed by atoms with Crippen LogP contribution in [0.25, 0.3) is 0 Å². The van der Waals surface area contributed by atoms with Crippen molar-refractivity contribution in [2.75, 3.05) is 0 Å². The first-order valence-corrected chi connectivity index (χ1v) is 6.34. The Morgan fingerprint density at radius 2 is 1.90 bits per heavy atom. The van der Waals surface area contributed by atoms with Crippen LogP contribution in [0, 0.1) is 10.9 Å². The second-order valence-corrected chi connectivity index (χ2v) is 4.61. The predicted octanol–water partition coefficient (Wildman–Crippen LogP) is 2.05. The van der Waals surface area contributed by atoms with E-state index >= 15 is 0 Å². The summed E-state index contributed by atoms with van der Waals surface area (Å²) in [4.78, 5) is 0. The third-order valence-electron chi connectivity index (χ3n) is 3.25. The molecule has 0 aliphatic carbocycles. The Kier molecular flexibility index (Phi) is 3.51. The second-order valence-electron chi connectivity index (χ2n) is 4.61. The van der Waals surface area contributed by atoms with Gasteiger partial charge in [-0.2, -0.15) is 0 Å². The summed E-state index contributed by atoms with van der Waals surface area (Å²) in [7, 11) is -0.854. The van der Waals surface area contributed by atoms with Crippen LogP contribution in [-0.4, -0.2) is 18.0 Å². The molecule has 1 heterocycles. The van der Waals surface area contributed by atoms with E-state index in [4.69, 9.17) is 20.3 Å². The Morgan fingerprint density at radius 1 is 1.19 bits per heavy atom. The van der Waals surface area contributed by atoms with Crippen molar-refractivity contribution >= 4 is 18.4 Å². The molecule has 0 bridgehead atoms. The highest BCUT2D eigenvalue weighted by Crippen LogP contribution is 2.24. The van der Waals surface area contributed by atoms with Crippen LogP contribution in [0.4, 0.5) is 0 Å². The van der Waals surface area contributed by atoms with Gasteiger partial charge in [0.15, 0.2) is 5.84 Å². The molecule has 0 amide bonds. The summed E-state index contributed by atoms with van der Waals surface area (Å²) in [6, 6.07) is 12.2. The van der Waals surface area contributed by atoms with Crippen molar-refractivity contribution < 1.29 is 14.4 Å². The van der Waals surface area contributed by atoms with Crippen molar-refractivity contribution in [3.63, 3.8) is 0 Å². The molecule has 6 nitrogen and oxygen atoms in total. The van der Waals surface area contributed by atoms with E-state index in [0.717, 1.165) is 11.0 Å². The van der Waals surface area contributed by atoms with Crippen LogP contribution in [0.2, 0.25) is 0 Å². The summed E-state index contributed by atoms with van der Waals surface area (Å²) in [5, 5.41) is 20.1. The highest BCUT2D eigenvalue weighted by Gasteiger charge is 2.27. The smallest absolute Gasteiger partial charge is 0.457 e. The van der Waals surface area contributed by atoms with Gasteiger partial charge in [0, 0.05) is 5.56 Å². The fourth-order valence-electron chi connectivity index (χ4n) is 2.15.